The number of hydrogen-bond acceptors (Lipinski definition) is 9. The molecule has 14 heteroatoms. The number of hydrogen-bond donors (Lipinski definition) is 7. The molecule has 0 fully saturated rings. The molecular weight excluding hydrogens is 562 g/mol. The number of halogens is 2. The van der Waals surface area contributed by atoms with Crippen molar-refractivity contribution in [2.24, 2.45) is 4.99 Å². The van der Waals surface area contributed by atoms with Gasteiger partial charge in [-0.1, -0.05) is 11.6 Å². The van der Waals surface area contributed by atoms with Gasteiger partial charge >= 0.3 is 5.97 Å². The summed E-state index contributed by atoms with van der Waals surface area (Å²) in [5, 5.41) is 45.8. The lowest BCUT2D eigenvalue weighted by atomic mass is 10.0. The maximum atomic E-state index is 12.6. The summed E-state index contributed by atoms with van der Waals surface area (Å²) in [6, 6.07) is 5.62. The lowest BCUT2D eigenvalue weighted by Gasteiger charge is -2.27. The highest BCUT2D eigenvalue weighted by atomic mass is 79.9. The maximum Gasteiger partial charge on any atom is 0.305 e. The molecule has 0 saturated heterocycles. The molecule has 2 aromatic rings. The van der Waals surface area contributed by atoms with Crippen molar-refractivity contribution in [3.8, 4) is 11.5 Å². The molecule has 192 valence electrons. The largest absolute Gasteiger partial charge is 0.508 e. The van der Waals surface area contributed by atoms with E-state index < -0.39 is 42.9 Å². The molecule has 1 unspecified atom stereocenters. The number of phenols is 2. The van der Waals surface area contributed by atoms with Gasteiger partial charge in [0.15, 0.2) is 0 Å². The van der Waals surface area contributed by atoms with Gasteiger partial charge in [-0.05, 0) is 40.2 Å². The summed E-state index contributed by atoms with van der Waals surface area (Å²) in [5.74, 6) is -3.12. The van der Waals surface area contributed by atoms with Gasteiger partial charge in [-0.15, -0.1) is 0 Å². The van der Waals surface area contributed by atoms with Crippen LogP contribution >= 0.6 is 27.5 Å². The predicted molar refractivity (Wildman–Crippen MR) is 134 cm³/mol. The first kappa shape index (κ1) is 27.0. The molecule has 12 nitrogen and oxygen atoms in total. The maximum absolute atomic E-state index is 12.6. The van der Waals surface area contributed by atoms with Gasteiger partial charge in [-0.2, -0.15) is 0 Å². The highest BCUT2D eigenvalue weighted by Gasteiger charge is 2.23. The Bertz CT molecular complexity index is 1200. The zero-order valence-electron chi connectivity index (χ0n) is 18.6. The molecule has 2 aromatic carbocycles. The average Bonchev–Trinajstić information content (AvgIpc) is 2.78. The number of aromatic hydroxyl groups is 2. The summed E-state index contributed by atoms with van der Waals surface area (Å²) >= 11 is 9.12. The summed E-state index contributed by atoms with van der Waals surface area (Å²) in [6.45, 7) is 0.00737. The highest BCUT2D eigenvalue weighted by molar-refractivity contribution is 9.10. The van der Waals surface area contributed by atoms with Crippen LogP contribution in [-0.2, 0) is 9.59 Å². The Balaban J connectivity index is 1.66. The van der Waals surface area contributed by atoms with Crippen LogP contribution in [0.5, 0.6) is 11.5 Å². The molecule has 2 atom stereocenters. The van der Waals surface area contributed by atoms with Crippen molar-refractivity contribution in [3.05, 3.63) is 51.0 Å². The second-order valence-electron chi connectivity index (χ2n) is 7.89. The van der Waals surface area contributed by atoms with Gasteiger partial charge in [0.2, 0.25) is 5.91 Å². The van der Waals surface area contributed by atoms with E-state index in [9.17, 15) is 34.8 Å². The number of hydrazine groups is 1. The predicted octanol–water partition coefficient (Wildman–Crippen LogP) is 1.61. The van der Waals surface area contributed by atoms with E-state index in [2.05, 4.69) is 37.0 Å². The molecule has 0 radical (unpaired) electrons. The summed E-state index contributed by atoms with van der Waals surface area (Å²) in [5.41, 5.74) is 3.37. The average molecular weight is 585 g/mol. The number of nitrogens with one attached hydrogen (secondary N) is 3. The first-order chi connectivity index (χ1) is 17.0. The minimum absolute atomic E-state index is 0.0401. The summed E-state index contributed by atoms with van der Waals surface area (Å²) in [7, 11) is 0. The van der Waals surface area contributed by atoms with Crippen LogP contribution in [0, 0.1) is 0 Å². The van der Waals surface area contributed by atoms with Crippen molar-refractivity contribution in [1.29, 1.82) is 0 Å². The van der Waals surface area contributed by atoms with Crippen LogP contribution in [0.3, 0.4) is 0 Å². The number of amides is 2. The molecule has 1 heterocycles. The van der Waals surface area contributed by atoms with E-state index in [1.165, 1.54) is 41.7 Å². The lowest BCUT2D eigenvalue weighted by molar-refractivity contribution is -0.137. The number of carbonyl (C=O) groups is 3. The van der Waals surface area contributed by atoms with E-state index in [-0.39, 0.29) is 45.2 Å². The number of carboxylic acids is 1. The van der Waals surface area contributed by atoms with E-state index in [4.69, 9.17) is 11.6 Å². The van der Waals surface area contributed by atoms with Gasteiger partial charge < -0.3 is 31.1 Å². The smallest absolute Gasteiger partial charge is 0.305 e. The van der Waals surface area contributed by atoms with Crippen molar-refractivity contribution in [2.75, 3.05) is 25.1 Å². The number of aliphatic hydroxyl groups excluding tert-OH is 1. The van der Waals surface area contributed by atoms with E-state index in [0.29, 0.717) is 5.69 Å². The van der Waals surface area contributed by atoms with Crippen LogP contribution in [0.25, 0.3) is 0 Å². The molecule has 0 bridgehead atoms. The molecule has 1 aliphatic heterocycles. The molecule has 0 aromatic heterocycles. The molecule has 36 heavy (non-hydrogen) atoms. The van der Waals surface area contributed by atoms with E-state index in [0.717, 1.165) is 0 Å². The van der Waals surface area contributed by atoms with Crippen LogP contribution in [0.4, 0.5) is 5.69 Å². The van der Waals surface area contributed by atoms with E-state index >= 15 is 0 Å². The summed E-state index contributed by atoms with van der Waals surface area (Å²) < 4.78 is 0.224. The van der Waals surface area contributed by atoms with Gasteiger partial charge in [0.1, 0.15) is 17.8 Å². The summed E-state index contributed by atoms with van der Waals surface area (Å²) in [6.07, 6.45) is 0.266. The molecule has 7 N–H and O–H groups in total. The molecule has 3 rings (SSSR count). The highest BCUT2D eigenvalue weighted by Crippen LogP contribution is 2.36. The molecule has 0 spiro atoms. The number of carboxylic acid groups (broad SMARTS) is 1. The SMILES string of the molecule is O=C(O)C[C@@H](NC(=O)CNC(=O)c1cc(O)cc(NN2C=NCC(O)C2)c1)c1cc(Cl)cc(Br)c1O. The number of aliphatic carboxylic acids is 1. The minimum Gasteiger partial charge on any atom is -0.508 e. The van der Waals surface area contributed by atoms with E-state index in [1.807, 2.05) is 0 Å². The first-order valence-electron chi connectivity index (χ1n) is 10.5. The van der Waals surface area contributed by atoms with Crippen LogP contribution in [0.15, 0.2) is 39.8 Å². The van der Waals surface area contributed by atoms with Gasteiger partial charge in [0.25, 0.3) is 5.91 Å². The molecular formula is C22H23BrClN5O7. The number of anilines is 1. The van der Waals surface area contributed by atoms with Crippen molar-refractivity contribution in [3.63, 3.8) is 0 Å². The third kappa shape index (κ3) is 7.47. The van der Waals surface area contributed by atoms with Gasteiger partial charge in [0, 0.05) is 22.2 Å². The monoisotopic (exact) mass is 583 g/mol. The zero-order valence-corrected chi connectivity index (χ0v) is 21.0. The third-order valence-corrected chi connectivity index (χ3v) is 5.78. The number of aliphatic hydroxyl groups is 1. The Morgan fingerprint density at radius 1 is 1.19 bits per heavy atom. The van der Waals surface area contributed by atoms with Crippen LogP contribution in [-0.4, -0.2) is 75.3 Å². The fourth-order valence-corrected chi connectivity index (χ4v) is 4.25. The van der Waals surface area contributed by atoms with Crippen molar-refractivity contribution in [1.82, 2.24) is 15.6 Å². The standard InChI is InChI=1S/C22H23BrClN5O7/c23-17-4-12(24)3-16(21(17)35)18(6-20(33)34)27-19(32)8-26-22(36)11-1-13(5-14(30)2-11)28-29-9-15(31)7-25-10-29/h1-5,10,15,18,28,30-31,35H,6-9H2,(H,26,36)(H,27,32)(H,33,34)/t15?,18-/m1/s1. The molecule has 1 aliphatic rings. The number of rotatable bonds is 9. The van der Waals surface area contributed by atoms with E-state index in [1.54, 1.807) is 0 Å². The zero-order chi connectivity index (χ0) is 26.4. The number of carbonyl (C=O) groups excluding carboxylic acids is 2. The normalized spacial score (nSPS) is 15.8. The number of nitrogens with zero attached hydrogens (tertiary/aromatic N) is 2. The fraction of sp³-hybridized carbons (Fsp3) is 0.273. The Hall–Kier alpha value is -3.55. The van der Waals surface area contributed by atoms with Crippen LogP contribution < -0.4 is 16.1 Å². The number of β-amino-alcohol motifs (C(OH)–C–C–N with tert-alkyl or cyclic N) is 1. The fourth-order valence-electron chi connectivity index (χ4n) is 3.42. The minimum atomic E-state index is -1.23. The Morgan fingerprint density at radius 2 is 1.94 bits per heavy atom. The van der Waals surface area contributed by atoms with Crippen LogP contribution in [0.2, 0.25) is 5.02 Å². The Labute approximate surface area is 218 Å². The molecule has 2 amide bonds. The van der Waals surface area contributed by atoms with Gasteiger partial charge in [-0.25, -0.2) is 0 Å². The van der Waals surface area contributed by atoms with Crippen molar-refractivity contribution in [2.45, 2.75) is 18.6 Å². The van der Waals surface area contributed by atoms with Gasteiger partial charge in [-0.3, -0.25) is 29.8 Å². The second-order valence-corrected chi connectivity index (χ2v) is 9.18. The first-order valence-corrected chi connectivity index (χ1v) is 11.7. The Morgan fingerprint density at radius 3 is 2.64 bits per heavy atom. The topological polar surface area (TPSA) is 184 Å². The van der Waals surface area contributed by atoms with Crippen molar-refractivity contribution >= 4 is 57.3 Å². The molecule has 0 saturated carbocycles. The Kier molecular flexibility index (Phi) is 8.96. The quantitative estimate of drug-likeness (QED) is 0.230. The van der Waals surface area contributed by atoms with Crippen LogP contribution in [0.1, 0.15) is 28.4 Å². The second kappa shape index (κ2) is 11.9. The summed E-state index contributed by atoms with van der Waals surface area (Å²) in [4.78, 5) is 40.4. The van der Waals surface area contributed by atoms with Crippen molar-refractivity contribution < 1.29 is 34.8 Å². The number of aliphatic imine (C=N–C) groups is 1. The number of benzene rings is 2. The number of phenolic OH excluding ortho intramolecular Hbond substituents is 2. The molecule has 0 aliphatic carbocycles. The van der Waals surface area contributed by atoms with Gasteiger partial charge in [0.05, 0.1) is 48.4 Å². The third-order valence-electron chi connectivity index (χ3n) is 4.95. The lowest BCUT2D eigenvalue weighted by Crippen LogP contribution is -2.40.